The van der Waals surface area contributed by atoms with Crippen molar-refractivity contribution in [2.24, 2.45) is 0 Å². The van der Waals surface area contributed by atoms with Gasteiger partial charge in [-0.2, -0.15) is 0 Å². The predicted molar refractivity (Wildman–Crippen MR) is 71.7 cm³/mol. The van der Waals surface area contributed by atoms with Gasteiger partial charge in [0.2, 0.25) is 11.8 Å². The number of nitrogens with zero attached hydrogens (tertiary/aromatic N) is 1. The summed E-state index contributed by atoms with van der Waals surface area (Å²) in [7, 11) is 1.57. The predicted octanol–water partition coefficient (Wildman–Crippen LogP) is 1.69. The molecule has 1 unspecified atom stereocenters. The van der Waals surface area contributed by atoms with Gasteiger partial charge in [0.15, 0.2) is 5.75 Å². The van der Waals surface area contributed by atoms with Crippen LogP contribution in [0.3, 0.4) is 0 Å². The van der Waals surface area contributed by atoms with E-state index in [-0.39, 0.29) is 11.8 Å². The monoisotopic (exact) mass is 298 g/mol. The topological polar surface area (TPSA) is 67.9 Å². The van der Waals surface area contributed by atoms with E-state index in [1.54, 1.807) is 31.3 Å². The maximum Gasteiger partial charge on any atom is 0.246 e. The summed E-state index contributed by atoms with van der Waals surface area (Å²) in [5.41, 5.74) is 0. The minimum Gasteiger partial charge on any atom is -0.319 e. The quantitative estimate of drug-likeness (QED) is 0.520. The molecule has 1 aromatic rings. The third-order valence-corrected chi connectivity index (χ3v) is 3.17. The number of benzene rings is 1. The number of halogens is 1. The maximum atomic E-state index is 11.8. The van der Waals surface area contributed by atoms with E-state index in [9.17, 15) is 9.59 Å². The second-order valence-electron chi connectivity index (χ2n) is 4.48. The van der Waals surface area contributed by atoms with Gasteiger partial charge in [-0.1, -0.05) is 22.7 Å². The fourth-order valence-corrected chi connectivity index (χ4v) is 2.07. The molecule has 1 aliphatic rings. The molecular weight excluding hydrogens is 284 g/mol. The third-order valence-electron chi connectivity index (χ3n) is 2.93. The van der Waals surface area contributed by atoms with Crippen molar-refractivity contribution in [3.8, 4) is 5.75 Å². The Balaban J connectivity index is 1.92. The van der Waals surface area contributed by atoms with E-state index < -0.39 is 6.04 Å². The summed E-state index contributed by atoms with van der Waals surface area (Å²) >= 11 is 5.82. The smallest absolute Gasteiger partial charge is 0.246 e. The molecule has 0 saturated carbocycles. The van der Waals surface area contributed by atoms with Gasteiger partial charge in [0.05, 0.1) is 0 Å². The van der Waals surface area contributed by atoms with Gasteiger partial charge in [-0.25, -0.2) is 0 Å². The van der Waals surface area contributed by atoms with Crippen LogP contribution in [0.2, 0.25) is 5.02 Å². The van der Waals surface area contributed by atoms with E-state index >= 15 is 0 Å². The van der Waals surface area contributed by atoms with Crippen molar-refractivity contribution < 1.29 is 19.5 Å². The summed E-state index contributed by atoms with van der Waals surface area (Å²) in [6.45, 7) is 0. The Hall–Kier alpha value is -1.63. The van der Waals surface area contributed by atoms with Gasteiger partial charge in [-0.3, -0.25) is 14.9 Å². The molecule has 1 heterocycles. The van der Waals surface area contributed by atoms with Gasteiger partial charge in [0, 0.05) is 24.6 Å². The van der Waals surface area contributed by atoms with Crippen molar-refractivity contribution in [2.75, 3.05) is 7.05 Å². The highest BCUT2D eigenvalue weighted by molar-refractivity contribution is 6.30. The minimum absolute atomic E-state index is 0.262. The average Bonchev–Trinajstić information content (AvgIpc) is 2.57. The maximum absolute atomic E-state index is 11.8. The molecule has 108 valence electrons. The summed E-state index contributed by atoms with van der Waals surface area (Å²) in [4.78, 5) is 33.2. The molecule has 0 aromatic heterocycles. The van der Waals surface area contributed by atoms with Gasteiger partial charge >= 0.3 is 0 Å². The first-order chi connectivity index (χ1) is 9.56. The first-order valence-corrected chi connectivity index (χ1v) is 6.61. The van der Waals surface area contributed by atoms with E-state index in [1.807, 2.05) is 0 Å². The van der Waals surface area contributed by atoms with E-state index in [0.717, 1.165) is 0 Å². The van der Waals surface area contributed by atoms with Gasteiger partial charge in [0.1, 0.15) is 6.04 Å². The van der Waals surface area contributed by atoms with E-state index in [2.05, 4.69) is 5.32 Å². The average molecular weight is 299 g/mol. The highest BCUT2D eigenvalue weighted by Gasteiger charge is 2.29. The largest absolute Gasteiger partial charge is 0.319 e. The molecule has 0 aliphatic carbocycles. The van der Waals surface area contributed by atoms with Crippen molar-refractivity contribution in [3.63, 3.8) is 0 Å². The molecule has 0 radical (unpaired) electrons. The van der Waals surface area contributed by atoms with Gasteiger partial charge in [0.25, 0.3) is 0 Å². The number of hydrogen-bond donors (Lipinski definition) is 1. The second kappa shape index (κ2) is 6.69. The molecular formula is C13H15ClN2O4. The minimum atomic E-state index is -0.569. The summed E-state index contributed by atoms with van der Waals surface area (Å²) in [5, 5.41) is 4.11. The molecule has 1 saturated heterocycles. The number of carbonyl (C=O) groups excluding carboxylic acids is 2. The van der Waals surface area contributed by atoms with Crippen LogP contribution in [0.5, 0.6) is 5.75 Å². The zero-order valence-electron chi connectivity index (χ0n) is 11.0. The second-order valence-corrected chi connectivity index (χ2v) is 4.92. The fraction of sp³-hybridized carbons (Fsp3) is 0.385. The number of amides is 2. The van der Waals surface area contributed by atoms with Crippen LogP contribution in [0.25, 0.3) is 0 Å². The molecule has 2 rings (SSSR count). The summed E-state index contributed by atoms with van der Waals surface area (Å²) in [5.74, 6) is -0.221. The Morgan fingerprint density at radius 3 is 2.95 bits per heavy atom. The van der Waals surface area contributed by atoms with Crippen LogP contribution in [0.4, 0.5) is 0 Å². The molecule has 7 heteroatoms. The Labute approximate surface area is 121 Å². The first-order valence-electron chi connectivity index (χ1n) is 6.23. The Morgan fingerprint density at radius 1 is 1.40 bits per heavy atom. The molecule has 20 heavy (non-hydrogen) atoms. The molecule has 0 spiro atoms. The fourth-order valence-electron chi connectivity index (χ4n) is 1.89. The van der Waals surface area contributed by atoms with Gasteiger partial charge < -0.3 is 4.89 Å². The first kappa shape index (κ1) is 14.8. The van der Waals surface area contributed by atoms with E-state index in [1.165, 1.54) is 5.06 Å². The van der Waals surface area contributed by atoms with Crippen LogP contribution in [0, 0.1) is 0 Å². The lowest BCUT2D eigenvalue weighted by Gasteiger charge is -2.22. The Bertz CT molecular complexity index is 509. The summed E-state index contributed by atoms with van der Waals surface area (Å²) in [6.07, 6.45) is 1.48. The molecule has 1 N–H and O–H groups in total. The van der Waals surface area contributed by atoms with E-state index in [4.69, 9.17) is 21.5 Å². The summed E-state index contributed by atoms with van der Waals surface area (Å²) in [6, 6.07) is 6.13. The molecule has 6 nitrogen and oxygen atoms in total. The zero-order chi connectivity index (χ0) is 14.5. The van der Waals surface area contributed by atoms with Crippen LogP contribution in [-0.2, 0) is 14.6 Å². The molecule has 1 fully saturated rings. The SMILES string of the molecule is CN(OOc1cccc(Cl)c1)C1CCCC(=O)NC1=O. The standard InChI is InChI=1S/C13H15ClN2O4/c1-16(11-6-3-7-12(17)15-13(11)18)20-19-10-5-2-4-9(14)8-10/h2,4-5,8,11H,3,6-7H2,1H3,(H,15,17,18). The van der Waals surface area contributed by atoms with Gasteiger partial charge in [-0.15, -0.1) is 5.06 Å². The zero-order valence-corrected chi connectivity index (χ0v) is 11.7. The number of likely N-dealkylation sites (N-methyl/N-ethyl adjacent to an activating group) is 1. The Kier molecular flexibility index (Phi) is 4.94. The van der Waals surface area contributed by atoms with Crippen molar-refractivity contribution in [1.29, 1.82) is 0 Å². The van der Waals surface area contributed by atoms with Crippen molar-refractivity contribution in [2.45, 2.75) is 25.3 Å². The lowest BCUT2D eigenvalue weighted by Crippen LogP contribution is -2.45. The summed E-state index contributed by atoms with van der Waals surface area (Å²) < 4.78 is 0. The lowest BCUT2D eigenvalue weighted by atomic mass is 10.1. The Morgan fingerprint density at radius 2 is 2.20 bits per heavy atom. The lowest BCUT2D eigenvalue weighted by molar-refractivity contribution is -0.368. The number of carbonyl (C=O) groups is 2. The van der Waals surface area contributed by atoms with E-state index in [0.29, 0.717) is 30.0 Å². The highest BCUT2D eigenvalue weighted by atomic mass is 35.5. The number of nitrogens with one attached hydrogen (secondary N) is 1. The van der Waals surface area contributed by atoms with Crippen LogP contribution < -0.4 is 10.2 Å². The van der Waals surface area contributed by atoms with Crippen molar-refractivity contribution >= 4 is 23.4 Å². The van der Waals surface area contributed by atoms with Crippen LogP contribution in [0.1, 0.15) is 19.3 Å². The van der Waals surface area contributed by atoms with Gasteiger partial charge in [-0.05, 0) is 25.0 Å². The normalized spacial score (nSPS) is 19.6. The number of hydrogen-bond acceptors (Lipinski definition) is 5. The number of imide groups is 1. The molecule has 0 bridgehead atoms. The van der Waals surface area contributed by atoms with Crippen molar-refractivity contribution in [1.82, 2.24) is 10.4 Å². The molecule has 2 amide bonds. The number of hydroxylamine groups is 2. The third kappa shape index (κ3) is 3.93. The highest BCUT2D eigenvalue weighted by Crippen LogP contribution is 2.18. The van der Waals surface area contributed by atoms with Crippen LogP contribution >= 0.6 is 11.6 Å². The number of rotatable bonds is 4. The molecule has 1 aromatic carbocycles. The van der Waals surface area contributed by atoms with Crippen LogP contribution in [-0.4, -0.2) is 30.0 Å². The molecule has 1 aliphatic heterocycles. The van der Waals surface area contributed by atoms with Crippen LogP contribution in [0.15, 0.2) is 24.3 Å². The van der Waals surface area contributed by atoms with Crippen molar-refractivity contribution in [3.05, 3.63) is 29.3 Å². The molecule has 1 atom stereocenters.